The van der Waals surface area contributed by atoms with E-state index in [-0.39, 0.29) is 23.6 Å². The number of hydrogen-bond donors (Lipinski definition) is 1. The van der Waals surface area contributed by atoms with Crippen molar-refractivity contribution in [2.24, 2.45) is 0 Å². The summed E-state index contributed by atoms with van der Waals surface area (Å²) in [5, 5.41) is 9.96. The first-order valence-electron chi connectivity index (χ1n) is 5.40. The van der Waals surface area contributed by atoms with Crippen molar-refractivity contribution in [2.45, 2.75) is 30.2 Å². The van der Waals surface area contributed by atoms with Crippen molar-refractivity contribution in [3.63, 3.8) is 0 Å². The van der Waals surface area contributed by atoms with Crippen LogP contribution in [-0.4, -0.2) is 21.5 Å². The first-order chi connectivity index (χ1) is 8.74. The van der Waals surface area contributed by atoms with E-state index < -0.39 is 16.4 Å². The molecule has 1 N–H and O–H groups in total. The highest BCUT2D eigenvalue weighted by Crippen LogP contribution is 2.32. The summed E-state index contributed by atoms with van der Waals surface area (Å²) >= 11 is 22.9. The first-order valence-corrected chi connectivity index (χ1v) is 7.03. The Labute approximate surface area is 131 Å². The molecular weight excluding hydrogens is 334 g/mol. The Bertz CT molecular complexity index is 464. The topological polar surface area (TPSA) is 46.5 Å². The number of rotatable bonds is 6. The highest BCUT2D eigenvalue weighted by atomic mass is 35.5. The average molecular weight is 346 g/mol. The van der Waals surface area contributed by atoms with Crippen LogP contribution in [0.5, 0.6) is 5.75 Å². The minimum atomic E-state index is -1.46. The average Bonchev–Trinajstić information content (AvgIpc) is 2.30. The van der Waals surface area contributed by atoms with Gasteiger partial charge in [0.05, 0.1) is 5.02 Å². The molecule has 0 unspecified atom stereocenters. The number of benzene rings is 1. The molecule has 0 fully saturated rings. The predicted octanol–water partition coefficient (Wildman–Crippen LogP) is 4.80. The van der Waals surface area contributed by atoms with Gasteiger partial charge in [0.25, 0.3) is 0 Å². The SMILES string of the molecule is C[C@](CCC(Cl)Cl)(Oc1ccc(Cl)cc1Cl)C(=O)O. The lowest BCUT2D eigenvalue weighted by atomic mass is 10.0. The van der Waals surface area contributed by atoms with Gasteiger partial charge in [0.2, 0.25) is 5.60 Å². The molecule has 0 aliphatic rings. The van der Waals surface area contributed by atoms with Crippen molar-refractivity contribution in [3.8, 4) is 5.75 Å². The van der Waals surface area contributed by atoms with Gasteiger partial charge >= 0.3 is 5.97 Å². The van der Waals surface area contributed by atoms with Crippen molar-refractivity contribution < 1.29 is 14.6 Å². The van der Waals surface area contributed by atoms with Gasteiger partial charge in [-0.1, -0.05) is 23.2 Å². The number of carboxylic acid groups (broad SMARTS) is 1. The monoisotopic (exact) mass is 344 g/mol. The summed E-state index contributed by atoms with van der Waals surface area (Å²) in [7, 11) is 0. The lowest BCUT2D eigenvalue weighted by Crippen LogP contribution is -2.41. The van der Waals surface area contributed by atoms with E-state index >= 15 is 0 Å². The molecule has 0 saturated carbocycles. The molecule has 0 aliphatic carbocycles. The van der Waals surface area contributed by atoms with E-state index in [4.69, 9.17) is 51.1 Å². The van der Waals surface area contributed by atoms with E-state index in [1.807, 2.05) is 0 Å². The van der Waals surface area contributed by atoms with Gasteiger partial charge < -0.3 is 9.84 Å². The molecule has 0 aliphatic heterocycles. The summed E-state index contributed by atoms with van der Waals surface area (Å²) < 4.78 is 5.49. The molecule has 0 heterocycles. The molecule has 7 heteroatoms. The molecule has 3 nitrogen and oxygen atoms in total. The molecule has 1 rings (SSSR count). The normalized spacial score (nSPS) is 14.2. The number of alkyl halides is 2. The van der Waals surface area contributed by atoms with Gasteiger partial charge in [-0.15, -0.1) is 23.2 Å². The third-order valence-electron chi connectivity index (χ3n) is 2.52. The van der Waals surface area contributed by atoms with Gasteiger partial charge in [-0.25, -0.2) is 4.79 Å². The van der Waals surface area contributed by atoms with E-state index in [1.54, 1.807) is 6.07 Å². The van der Waals surface area contributed by atoms with Gasteiger partial charge in [-0.05, 0) is 31.5 Å². The van der Waals surface area contributed by atoms with Crippen molar-refractivity contribution in [2.75, 3.05) is 0 Å². The Hall–Kier alpha value is -0.350. The van der Waals surface area contributed by atoms with Gasteiger partial charge in [0, 0.05) is 11.4 Å². The Morgan fingerprint density at radius 3 is 2.53 bits per heavy atom. The molecule has 0 radical (unpaired) electrons. The molecule has 0 spiro atoms. The Morgan fingerprint density at radius 2 is 2.05 bits per heavy atom. The summed E-state index contributed by atoms with van der Waals surface area (Å²) in [5.41, 5.74) is -1.46. The van der Waals surface area contributed by atoms with Crippen LogP contribution in [0.25, 0.3) is 0 Å². The number of carboxylic acids is 1. The zero-order valence-corrected chi connectivity index (χ0v) is 13.0. The zero-order valence-electron chi connectivity index (χ0n) is 10.00. The maximum atomic E-state index is 11.3. The molecule has 0 aromatic heterocycles. The van der Waals surface area contributed by atoms with E-state index in [2.05, 4.69) is 0 Å². The van der Waals surface area contributed by atoms with Gasteiger partial charge in [-0.3, -0.25) is 0 Å². The summed E-state index contributed by atoms with van der Waals surface area (Å²) in [6.07, 6.45) is 0.441. The lowest BCUT2D eigenvalue weighted by Gasteiger charge is -2.27. The lowest BCUT2D eigenvalue weighted by molar-refractivity contribution is -0.154. The zero-order chi connectivity index (χ0) is 14.6. The fourth-order valence-corrected chi connectivity index (χ4v) is 2.05. The third kappa shape index (κ3) is 4.92. The molecule has 19 heavy (non-hydrogen) atoms. The van der Waals surface area contributed by atoms with Crippen LogP contribution in [0, 0.1) is 0 Å². The molecular formula is C12H12Cl4O3. The maximum absolute atomic E-state index is 11.3. The number of ether oxygens (including phenoxy) is 1. The molecule has 0 amide bonds. The molecule has 1 aromatic carbocycles. The summed E-state index contributed by atoms with van der Waals surface area (Å²) in [6, 6.07) is 4.56. The maximum Gasteiger partial charge on any atom is 0.347 e. The van der Waals surface area contributed by atoms with E-state index in [1.165, 1.54) is 19.1 Å². The molecule has 0 saturated heterocycles. The third-order valence-corrected chi connectivity index (χ3v) is 3.49. The van der Waals surface area contributed by atoms with Crippen LogP contribution in [0.15, 0.2) is 18.2 Å². The summed E-state index contributed by atoms with van der Waals surface area (Å²) in [6.45, 7) is 1.44. The van der Waals surface area contributed by atoms with Crippen LogP contribution >= 0.6 is 46.4 Å². The summed E-state index contributed by atoms with van der Waals surface area (Å²) in [5.74, 6) is -0.871. The number of hydrogen-bond acceptors (Lipinski definition) is 2. The quantitative estimate of drug-likeness (QED) is 0.753. The predicted molar refractivity (Wildman–Crippen MR) is 77.9 cm³/mol. The van der Waals surface area contributed by atoms with Crippen LogP contribution in [0.4, 0.5) is 0 Å². The van der Waals surface area contributed by atoms with Crippen molar-refractivity contribution in [1.82, 2.24) is 0 Å². The van der Waals surface area contributed by atoms with Crippen LogP contribution < -0.4 is 4.74 Å². The largest absolute Gasteiger partial charge is 0.478 e. The van der Waals surface area contributed by atoms with Crippen molar-refractivity contribution >= 4 is 52.4 Å². The van der Waals surface area contributed by atoms with Crippen LogP contribution in [-0.2, 0) is 4.79 Å². The fraction of sp³-hybridized carbons (Fsp3) is 0.417. The smallest absolute Gasteiger partial charge is 0.347 e. The van der Waals surface area contributed by atoms with E-state index in [0.717, 1.165) is 0 Å². The Kier molecular flexibility index (Phi) is 6.06. The summed E-state index contributed by atoms with van der Waals surface area (Å²) in [4.78, 5) is 10.7. The molecule has 0 bridgehead atoms. The van der Waals surface area contributed by atoms with E-state index in [0.29, 0.717) is 5.02 Å². The van der Waals surface area contributed by atoms with Crippen molar-refractivity contribution in [1.29, 1.82) is 0 Å². The van der Waals surface area contributed by atoms with Gasteiger partial charge in [-0.2, -0.15) is 0 Å². The first kappa shape index (κ1) is 16.7. The molecule has 1 atom stereocenters. The van der Waals surface area contributed by atoms with Crippen LogP contribution in [0.1, 0.15) is 19.8 Å². The Balaban J connectivity index is 2.91. The van der Waals surface area contributed by atoms with Gasteiger partial charge in [0.1, 0.15) is 10.6 Å². The number of aliphatic carboxylic acids is 1. The highest BCUT2D eigenvalue weighted by Gasteiger charge is 2.36. The molecule has 1 aromatic rings. The highest BCUT2D eigenvalue weighted by molar-refractivity contribution is 6.44. The number of halogens is 4. The van der Waals surface area contributed by atoms with Gasteiger partial charge in [0.15, 0.2) is 0 Å². The van der Waals surface area contributed by atoms with Crippen LogP contribution in [0.3, 0.4) is 0 Å². The second-order valence-electron chi connectivity index (χ2n) is 4.14. The minimum Gasteiger partial charge on any atom is -0.478 e. The fourth-order valence-electron chi connectivity index (χ4n) is 1.39. The van der Waals surface area contributed by atoms with Crippen LogP contribution in [0.2, 0.25) is 10.0 Å². The second kappa shape index (κ2) is 6.89. The van der Waals surface area contributed by atoms with Crippen molar-refractivity contribution in [3.05, 3.63) is 28.2 Å². The number of carbonyl (C=O) groups is 1. The second-order valence-corrected chi connectivity index (χ2v) is 6.26. The van der Waals surface area contributed by atoms with E-state index in [9.17, 15) is 9.90 Å². The minimum absolute atomic E-state index is 0.152. The standard InChI is InChI=1S/C12H12Cl4O3/c1-12(11(17)18,5-4-10(15)16)19-9-3-2-7(13)6-8(9)14/h2-3,6,10H,4-5H2,1H3,(H,17,18)/t12-/m1/s1. The molecule has 106 valence electrons. The Morgan fingerprint density at radius 1 is 1.42 bits per heavy atom.